The van der Waals surface area contributed by atoms with Gasteiger partial charge >= 0.3 is 0 Å². The lowest BCUT2D eigenvalue weighted by molar-refractivity contribution is 0.604. The Kier molecular flexibility index (Phi) is 5.76. The minimum atomic E-state index is -3.58. The van der Waals surface area contributed by atoms with Crippen molar-refractivity contribution in [3.05, 3.63) is 83.4 Å². The molecular weight excluding hydrogens is 332 g/mol. The van der Waals surface area contributed by atoms with Crippen LogP contribution in [0.3, 0.4) is 0 Å². The monoisotopic (exact) mass is 347 g/mol. The fraction of sp³-hybridized carbons (Fsp3) is 0.0556. The Morgan fingerprint density at radius 1 is 0.833 bits per heavy atom. The van der Waals surface area contributed by atoms with Crippen LogP contribution in [0.2, 0.25) is 0 Å². The van der Waals surface area contributed by atoms with Gasteiger partial charge in [0.1, 0.15) is 11.6 Å². The molecule has 24 heavy (non-hydrogen) atoms. The van der Waals surface area contributed by atoms with Crippen LogP contribution in [-0.2, 0) is 10.0 Å². The van der Waals surface area contributed by atoms with E-state index in [0.717, 1.165) is 6.26 Å². The van der Waals surface area contributed by atoms with Crippen molar-refractivity contribution in [3.63, 3.8) is 0 Å². The lowest BCUT2D eigenvalue weighted by Gasteiger charge is -1.97. The van der Waals surface area contributed by atoms with E-state index < -0.39 is 10.0 Å². The highest BCUT2D eigenvalue weighted by molar-refractivity contribution is 7.89. The Bertz CT molecular complexity index is 824. The molecule has 0 aliphatic carbocycles. The van der Waals surface area contributed by atoms with E-state index in [4.69, 9.17) is 0 Å². The molecule has 0 heterocycles. The molecule has 0 aliphatic heterocycles. The number of sulfonamides is 1. The van der Waals surface area contributed by atoms with Gasteiger partial charge in [0, 0.05) is 0 Å². The van der Waals surface area contributed by atoms with Crippen LogP contribution in [0.5, 0.6) is 0 Å². The van der Waals surface area contributed by atoms with Gasteiger partial charge in [-0.3, -0.25) is 0 Å². The molecule has 0 radical (unpaired) electrons. The summed E-state index contributed by atoms with van der Waals surface area (Å²) >= 11 is 0. The molecule has 0 fully saturated rings. The molecule has 2 aromatic rings. The molecule has 124 valence electrons. The van der Waals surface area contributed by atoms with Crippen molar-refractivity contribution in [1.82, 2.24) is 0 Å². The van der Waals surface area contributed by atoms with Crippen LogP contribution in [0.15, 0.2) is 65.1 Å². The minimum Gasteiger partial charge on any atom is -0.207 e. The number of nitrogens with zero attached hydrogens (tertiary/aromatic N) is 1. The van der Waals surface area contributed by atoms with E-state index in [1.807, 2.05) is 0 Å². The van der Waals surface area contributed by atoms with Crippen LogP contribution in [0.25, 0.3) is 12.2 Å². The summed E-state index contributed by atoms with van der Waals surface area (Å²) < 4.78 is 52.2. The first-order valence-corrected chi connectivity index (χ1v) is 8.84. The third-order valence-corrected chi connectivity index (χ3v) is 3.45. The molecule has 0 spiro atoms. The van der Waals surface area contributed by atoms with Crippen molar-refractivity contribution in [3.8, 4) is 0 Å². The van der Waals surface area contributed by atoms with Crippen LogP contribution in [0.1, 0.15) is 11.1 Å². The van der Waals surface area contributed by atoms with Gasteiger partial charge in [-0.1, -0.05) is 36.4 Å². The summed E-state index contributed by atoms with van der Waals surface area (Å²) in [5.74, 6) is -0.707. The highest BCUT2D eigenvalue weighted by Crippen LogP contribution is 2.08. The molecule has 0 bridgehead atoms. The fourth-order valence-electron chi connectivity index (χ4n) is 1.82. The maximum Gasteiger partial charge on any atom is 0.250 e. The number of hydrogen-bond acceptors (Lipinski definition) is 2. The van der Waals surface area contributed by atoms with Gasteiger partial charge in [-0.25, -0.2) is 17.2 Å². The van der Waals surface area contributed by atoms with Crippen molar-refractivity contribution in [2.24, 2.45) is 4.40 Å². The summed E-state index contributed by atoms with van der Waals surface area (Å²) in [7, 11) is -3.58. The Balaban J connectivity index is 2.26. The fourth-order valence-corrected chi connectivity index (χ4v) is 2.32. The van der Waals surface area contributed by atoms with Crippen LogP contribution in [0, 0.1) is 11.6 Å². The van der Waals surface area contributed by atoms with Crippen molar-refractivity contribution in [1.29, 1.82) is 0 Å². The molecule has 3 nitrogen and oxygen atoms in total. The van der Waals surface area contributed by atoms with Gasteiger partial charge in [0.05, 0.1) is 12.0 Å². The summed E-state index contributed by atoms with van der Waals surface area (Å²) in [6, 6.07) is 11.5. The minimum absolute atomic E-state index is 0.200. The van der Waals surface area contributed by atoms with E-state index in [2.05, 4.69) is 4.40 Å². The second kappa shape index (κ2) is 7.79. The number of hydrogen-bond donors (Lipinski definition) is 0. The number of allylic oxidation sites excluding steroid dienone is 2. The molecule has 2 aromatic carbocycles. The third-order valence-electron chi connectivity index (χ3n) is 2.90. The molecule has 0 unspecified atom stereocenters. The van der Waals surface area contributed by atoms with Gasteiger partial charge in [-0.2, -0.15) is 4.40 Å². The zero-order valence-corrected chi connectivity index (χ0v) is 13.7. The summed E-state index contributed by atoms with van der Waals surface area (Å²) in [6.45, 7) is 0. The lowest BCUT2D eigenvalue weighted by Crippen LogP contribution is -1.97. The zero-order valence-electron chi connectivity index (χ0n) is 12.9. The molecule has 6 heteroatoms. The first-order chi connectivity index (χ1) is 11.3. The largest absolute Gasteiger partial charge is 0.250 e. The average molecular weight is 347 g/mol. The van der Waals surface area contributed by atoms with Crippen LogP contribution < -0.4 is 0 Å². The molecule has 0 atom stereocenters. The Labute approximate surface area is 139 Å². The molecular formula is C18H15F2NO2S. The van der Waals surface area contributed by atoms with Crippen molar-refractivity contribution in [2.45, 2.75) is 0 Å². The molecule has 0 saturated carbocycles. The van der Waals surface area contributed by atoms with E-state index in [-0.39, 0.29) is 17.3 Å². The maximum atomic E-state index is 12.9. The van der Waals surface area contributed by atoms with E-state index >= 15 is 0 Å². The first-order valence-electron chi connectivity index (χ1n) is 6.99. The summed E-state index contributed by atoms with van der Waals surface area (Å²) in [5.41, 5.74) is 1.60. The first kappa shape index (κ1) is 17.7. The molecule has 0 amide bonds. The van der Waals surface area contributed by atoms with Crippen molar-refractivity contribution < 1.29 is 17.2 Å². The normalized spacial score (nSPS) is 12.0. The molecule has 0 aromatic heterocycles. The van der Waals surface area contributed by atoms with Gasteiger partial charge in [0.2, 0.25) is 0 Å². The average Bonchev–Trinajstić information content (AvgIpc) is 2.52. The summed E-state index contributed by atoms with van der Waals surface area (Å²) in [4.78, 5) is 0. The standard InChI is InChI=1S/C18H15F2NO2S/c1-24(22,23)21-18(12-6-14-2-8-16(19)9-3-14)13-7-15-4-10-17(20)11-5-15/h2-13H,1H3/b12-6+,13-7+. The third kappa shape index (κ3) is 6.26. The SMILES string of the molecule is CS(=O)(=O)N=C(/C=C/c1ccc(F)cc1)/C=C/c1ccc(F)cc1. The van der Waals surface area contributed by atoms with Gasteiger partial charge in [-0.05, 0) is 47.5 Å². The second-order valence-corrected chi connectivity index (χ2v) is 6.67. The summed E-state index contributed by atoms with van der Waals surface area (Å²) in [6.07, 6.45) is 7.25. The van der Waals surface area contributed by atoms with Gasteiger partial charge in [0.25, 0.3) is 10.0 Å². The second-order valence-electron chi connectivity index (χ2n) is 5.02. The van der Waals surface area contributed by atoms with Crippen molar-refractivity contribution >= 4 is 27.9 Å². The van der Waals surface area contributed by atoms with Crippen LogP contribution in [0.4, 0.5) is 8.78 Å². The highest BCUT2D eigenvalue weighted by Gasteiger charge is 1.99. The molecule has 2 rings (SSSR count). The topological polar surface area (TPSA) is 46.5 Å². The van der Waals surface area contributed by atoms with Gasteiger partial charge in [0.15, 0.2) is 0 Å². The highest BCUT2D eigenvalue weighted by atomic mass is 32.2. The maximum absolute atomic E-state index is 12.9. The Morgan fingerprint density at radius 2 is 1.21 bits per heavy atom. The van der Waals surface area contributed by atoms with Gasteiger partial charge in [-0.15, -0.1) is 0 Å². The smallest absolute Gasteiger partial charge is 0.207 e. The Morgan fingerprint density at radius 3 is 1.54 bits per heavy atom. The van der Waals surface area contributed by atoms with Crippen molar-refractivity contribution in [2.75, 3.05) is 6.26 Å². The van der Waals surface area contributed by atoms with Crippen LogP contribution >= 0.6 is 0 Å². The number of rotatable bonds is 5. The Hall–Kier alpha value is -2.60. The van der Waals surface area contributed by atoms with E-state index in [9.17, 15) is 17.2 Å². The van der Waals surface area contributed by atoms with E-state index in [1.165, 1.54) is 36.4 Å². The van der Waals surface area contributed by atoms with Gasteiger partial charge < -0.3 is 0 Å². The van der Waals surface area contributed by atoms with E-state index in [0.29, 0.717) is 11.1 Å². The predicted octanol–water partition coefficient (Wildman–Crippen LogP) is 4.09. The van der Waals surface area contributed by atoms with Crippen LogP contribution in [-0.4, -0.2) is 20.4 Å². The predicted molar refractivity (Wildman–Crippen MR) is 93.1 cm³/mol. The summed E-state index contributed by atoms with van der Waals surface area (Å²) in [5, 5.41) is 0. The molecule has 0 saturated heterocycles. The quantitative estimate of drug-likeness (QED) is 0.765. The van der Waals surface area contributed by atoms with E-state index in [1.54, 1.807) is 36.4 Å². The molecule has 0 aliphatic rings. The molecule has 0 N–H and O–H groups in total. The number of benzene rings is 2. The zero-order chi connectivity index (χ0) is 17.6. The number of halogens is 2. The lowest BCUT2D eigenvalue weighted by atomic mass is 10.1.